The van der Waals surface area contributed by atoms with Crippen molar-refractivity contribution in [1.82, 2.24) is 4.98 Å². The van der Waals surface area contributed by atoms with E-state index < -0.39 is 5.91 Å². The predicted molar refractivity (Wildman–Crippen MR) is 132 cm³/mol. The zero-order chi connectivity index (χ0) is 22.1. The van der Waals surface area contributed by atoms with E-state index in [-0.39, 0.29) is 5.91 Å². The first kappa shape index (κ1) is 20.8. The Bertz CT molecular complexity index is 1310. The topological polar surface area (TPSA) is 85.1 Å². The largest absolute Gasteiger partial charge is 0.365 e. The normalized spacial score (nSPS) is 13.9. The van der Waals surface area contributed by atoms with Gasteiger partial charge in [-0.3, -0.25) is 9.59 Å². The molecule has 162 valence electrons. The molecule has 0 spiro atoms. The molecule has 3 N–H and O–H groups in total. The molecule has 1 aliphatic carbocycles. The Balaban J connectivity index is 1.57. The number of benzene rings is 1. The Hall–Kier alpha value is -3.03. The van der Waals surface area contributed by atoms with Crippen LogP contribution >= 0.6 is 22.7 Å². The monoisotopic (exact) mass is 461 g/mol. The number of aryl methyl sites for hydroxylation is 1. The van der Waals surface area contributed by atoms with Crippen LogP contribution in [0, 0.1) is 0 Å². The number of para-hydroxylation sites is 1. The van der Waals surface area contributed by atoms with Crippen LogP contribution in [0.4, 0.5) is 5.00 Å². The summed E-state index contributed by atoms with van der Waals surface area (Å²) in [5.41, 5.74) is 9.34. The molecular formula is C25H23N3O2S2. The summed E-state index contributed by atoms with van der Waals surface area (Å²) in [4.78, 5) is 32.8. The number of fused-ring (bicyclic) bond motifs is 2. The fourth-order valence-electron chi connectivity index (χ4n) is 4.35. The van der Waals surface area contributed by atoms with Crippen molar-refractivity contribution < 1.29 is 9.59 Å². The highest BCUT2D eigenvalue weighted by Gasteiger charge is 2.25. The third-order valence-corrected chi connectivity index (χ3v) is 7.98. The minimum Gasteiger partial charge on any atom is -0.365 e. The van der Waals surface area contributed by atoms with E-state index in [0.29, 0.717) is 16.1 Å². The lowest BCUT2D eigenvalue weighted by Gasteiger charge is -2.11. The van der Waals surface area contributed by atoms with Gasteiger partial charge in [-0.05, 0) is 54.8 Å². The molecule has 0 aliphatic heterocycles. The first-order chi connectivity index (χ1) is 15.6. The number of aromatic nitrogens is 1. The number of nitrogens with one attached hydrogen (secondary N) is 1. The summed E-state index contributed by atoms with van der Waals surface area (Å²) in [6, 6.07) is 13.4. The summed E-state index contributed by atoms with van der Waals surface area (Å²) in [5, 5.41) is 6.36. The quantitative estimate of drug-likeness (QED) is 0.389. The number of primary amides is 1. The van der Waals surface area contributed by atoms with Crippen molar-refractivity contribution in [3.63, 3.8) is 0 Å². The number of hydrogen-bond donors (Lipinski definition) is 2. The molecule has 1 aliphatic rings. The smallest absolute Gasteiger partial charge is 0.257 e. The van der Waals surface area contributed by atoms with Crippen LogP contribution in [0.25, 0.3) is 21.5 Å². The third kappa shape index (κ3) is 3.94. The molecule has 3 heterocycles. The zero-order valence-electron chi connectivity index (χ0n) is 17.5. The van der Waals surface area contributed by atoms with Gasteiger partial charge in [0.2, 0.25) is 0 Å². The fourth-order valence-corrected chi connectivity index (χ4v) is 6.33. The molecule has 0 unspecified atom stereocenters. The molecule has 5 rings (SSSR count). The summed E-state index contributed by atoms with van der Waals surface area (Å²) < 4.78 is 0. The van der Waals surface area contributed by atoms with Crippen LogP contribution in [0.1, 0.15) is 56.8 Å². The van der Waals surface area contributed by atoms with Gasteiger partial charge in [0.15, 0.2) is 0 Å². The summed E-state index contributed by atoms with van der Waals surface area (Å²) in [6.45, 7) is 0. The molecule has 0 atom stereocenters. The maximum atomic E-state index is 13.5. The summed E-state index contributed by atoms with van der Waals surface area (Å²) in [6.07, 6.45) is 6.25. The van der Waals surface area contributed by atoms with Crippen molar-refractivity contribution in [1.29, 1.82) is 0 Å². The molecular weight excluding hydrogens is 438 g/mol. The van der Waals surface area contributed by atoms with E-state index in [1.54, 1.807) is 11.3 Å². The lowest BCUT2D eigenvalue weighted by Crippen LogP contribution is -2.18. The SMILES string of the molecule is NC(=O)c1c(NC(=O)c2cc(-c3cccs3)nc3ccccc23)sc2c1CCCCCC2. The Morgan fingerprint density at radius 3 is 2.59 bits per heavy atom. The Labute approximate surface area is 194 Å². The first-order valence-electron chi connectivity index (χ1n) is 10.8. The number of amides is 2. The minimum atomic E-state index is -0.475. The fraction of sp³-hybridized carbons (Fsp3) is 0.240. The van der Waals surface area contributed by atoms with Gasteiger partial charge in [0.05, 0.1) is 27.2 Å². The summed E-state index contributed by atoms with van der Waals surface area (Å²) in [7, 11) is 0. The number of anilines is 1. The van der Waals surface area contributed by atoms with Gasteiger partial charge in [0.25, 0.3) is 11.8 Å². The number of rotatable bonds is 4. The lowest BCUT2D eigenvalue weighted by molar-refractivity contribution is 0.100. The lowest BCUT2D eigenvalue weighted by atomic mass is 9.96. The van der Waals surface area contributed by atoms with Crippen molar-refractivity contribution in [3.05, 3.63) is 69.4 Å². The van der Waals surface area contributed by atoms with Crippen molar-refractivity contribution in [2.24, 2.45) is 5.73 Å². The predicted octanol–water partition coefficient (Wildman–Crippen LogP) is 6.04. The van der Waals surface area contributed by atoms with Gasteiger partial charge in [-0.15, -0.1) is 22.7 Å². The Morgan fingerprint density at radius 2 is 1.81 bits per heavy atom. The second kappa shape index (κ2) is 8.84. The van der Waals surface area contributed by atoms with Crippen LogP contribution < -0.4 is 11.1 Å². The zero-order valence-corrected chi connectivity index (χ0v) is 19.2. The molecule has 0 saturated carbocycles. The molecule has 5 nitrogen and oxygen atoms in total. The molecule has 0 bridgehead atoms. The van der Waals surface area contributed by atoms with Crippen LogP contribution in [0.5, 0.6) is 0 Å². The maximum Gasteiger partial charge on any atom is 0.257 e. The summed E-state index contributed by atoms with van der Waals surface area (Å²) >= 11 is 3.08. The van der Waals surface area contributed by atoms with Gasteiger partial charge >= 0.3 is 0 Å². The van der Waals surface area contributed by atoms with Crippen LogP contribution in [0.15, 0.2) is 47.8 Å². The van der Waals surface area contributed by atoms with E-state index in [1.165, 1.54) is 22.6 Å². The van der Waals surface area contributed by atoms with E-state index in [4.69, 9.17) is 10.7 Å². The van der Waals surface area contributed by atoms with Gasteiger partial charge in [-0.25, -0.2) is 4.98 Å². The van der Waals surface area contributed by atoms with Gasteiger partial charge in [-0.2, -0.15) is 0 Å². The molecule has 1 aromatic carbocycles. The molecule has 0 radical (unpaired) electrons. The average molecular weight is 462 g/mol. The summed E-state index contributed by atoms with van der Waals surface area (Å²) in [5.74, 6) is -0.727. The molecule has 2 amide bonds. The first-order valence-corrected chi connectivity index (χ1v) is 12.5. The molecule has 32 heavy (non-hydrogen) atoms. The number of thiophene rings is 2. The van der Waals surface area contributed by atoms with Crippen LogP contribution in [0.2, 0.25) is 0 Å². The molecule has 3 aromatic heterocycles. The number of hydrogen-bond acceptors (Lipinski definition) is 5. The highest BCUT2D eigenvalue weighted by molar-refractivity contribution is 7.17. The average Bonchev–Trinajstić information content (AvgIpc) is 3.41. The van der Waals surface area contributed by atoms with Crippen molar-refractivity contribution >= 4 is 50.4 Å². The minimum absolute atomic E-state index is 0.252. The molecule has 7 heteroatoms. The van der Waals surface area contributed by atoms with Crippen molar-refractivity contribution in [2.45, 2.75) is 38.5 Å². The maximum absolute atomic E-state index is 13.5. The van der Waals surface area contributed by atoms with E-state index in [0.717, 1.165) is 59.1 Å². The van der Waals surface area contributed by atoms with Gasteiger partial charge in [-0.1, -0.05) is 37.1 Å². The van der Waals surface area contributed by atoms with Crippen LogP contribution in [-0.2, 0) is 12.8 Å². The van der Waals surface area contributed by atoms with Crippen molar-refractivity contribution in [3.8, 4) is 10.6 Å². The molecule has 0 fully saturated rings. The second-order valence-electron chi connectivity index (χ2n) is 7.99. The third-order valence-electron chi connectivity index (χ3n) is 5.88. The highest BCUT2D eigenvalue weighted by atomic mass is 32.1. The number of carbonyl (C=O) groups excluding carboxylic acids is 2. The van der Waals surface area contributed by atoms with Gasteiger partial charge in [0, 0.05) is 10.3 Å². The number of nitrogens with zero attached hydrogens (tertiary/aromatic N) is 1. The van der Waals surface area contributed by atoms with E-state index in [1.807, 2.05) is 47.8 Å². The van der Waals surface area contributed by atoms with E-state index >= 15 is 0 Å². The second-order valence-corrected chi connectivity index (χ2v) is 10.0. The van der Waals surface area contributed by atoms with Crippen LogP contribution in [0.3, 0.4) is 0 Å². The number of pyridine rings is 1. The standard InChI is InChI=1S/C25H23N3O2S2/c26-23(29)22-16-9-3-1-2-4-11-20(16)32-25(22)28-24(30)17-14-19(21-12-7-13-31-21)27-18-10-6-5-8-15(17)18/h5-8,10,12-14H,1-4,9,11H2,(H2,26,29)(H,28,30). The highest BCUT2D eigenvalue weighted by Crippen LogP contribution is 2.37. The number of nitrogens with two attached hydrogens (primary N) is 1. The molecule has 0 saturated heterocycles. The van der Waals surface area contributed by atoms with Gasteiger partial charge in [0.1, 0.15) is 5.00 Å². The van der Waals surface area contributed by atoms with E-state index in [9.17, 15) is 9.59 Å². The van der Waals surface area contributed by atoms with Crippen molar-refractivity contribution in [2.75, 3.05) is 5.32 Å². The van der Waals surface area contributed by atoms with Crippen LogP contribution in [-0.4, -0.2) is 16.8 Å². The Kier molecular flexibility index (Phi) is 5.76. The Morgan fingerprint density at radius 1 is 1.00 bits per heavy atom. The van der Waals surface area contributed by atoms with Gasteiger partial charge < -0.3 is 11.1 Å². The number of carbonyl (C=O) groups is 2. The van der Waals surface area contributed by atoms with E-state index in [2.05, 4.69) is 5.32 Å². The molecule has 4 aromatic rings.